The van der Waals surface area contributed by atoms with E-state index in [0.29, 0.717) is 0 Å². The fraction of sp³-hybridized carbons (Fsp3) is 0.346. The Labute approximate surface area is 188 Å². The van der Waals surface area contributed by atoms with Gasteiger partial charge in [-0.15, -0.1) is 0 Å². The normalized spacial score (nSPS) is 14.2. The van der Waals surface area contributed by atoms with Gasteiger partial charge in [0, 0.05) is 35.0 Å². The number of hydrogen-bond acceptors (Lipinski definition) is 3. The second-order valence-electron chi connectivity index (χ2n) is 8.03. The molecule has 1 aromatic heterocycles. The molecule has 2 rings (SSSR count). The van der Waals surface area contributed by atoms with Crippen molar-refractivity contribution in [2.24, 2.45) is 0 Å². The van der Waals surface area contributed by atoms with Crippen LogP contribution in [0.15, 0.2) is 48.6 Å². The minimum absolute atomic E-state index is 0.0793. The number of hydrogen-bond donors (Lipinski definition) is 3. The maximum absolute atomic E-state index is 13.6. The zero-order valence-electron chi connectivity index (χ0n) is 19.0. The molecule has 2 unspecified atom stereocenters. The highest BCUT2D eigenvalue weighted by molar-refractivity contribution is 5.84. The van der Waals surface area contributed by atoms with Crippen molar-refractivity contribution in [3.63, 3.8) is 0 Å². The van der Waals surface area contributed by atoms with Gasteiger partial charge in [0.1, 0.15) is 5.82 Å². The predicted octanol–water partition coefficient (Wildman–Crippen LogP) is 5.37. The van der Waals surface area contributed by atoms with Gasteiger partial charge in [-0.3, -0.25) is 4.79 Å². The van der Waals surface area contributed by atoms with Crippen LogP contribution in [0, 0.1) is 12.7 Å². The number of carboxylic acid groups (broad SMARTS) is 1. The topological polar surface area (TPSA) is 82.7 Å². The van der Waals surface area contributed by atoms with E-state index in [4.69, 9.17) is 5.11 Å². The molecule has 32 heavy (non-hydrogen) atoms. The minimum Gasteiger partial charge on any atom is -0.481 e. The van der Waals surface area contributed by atoms with Gasteiger partial charge in [0.2, 0.25) is 0 Å². The van der Waals surface area contributed by atoms with E-state index < -0.39 is 24.6 Å². The van der Waals surface area contributed by atoms with Crippen LogP contribution in [0.5, 0.6) is 0 Å². The molecule has 0 saturated heterocycles. The summed E-state index contributed by atoms with van der Waals surface area (Å²) in [5.41, 5.74) is 4.61. The third-order valence-electron chi connectivity index (χ3n) is 5.15. The Kier molecular flexibility index (Phi) is 9.17. The molecule has 5 nitrogen and oxygen atoms in total. The molecular formula is C26H32FNO4. The van der Waals surface area contributed by atoms with E-state index in [0.717, 1.165) is 28.1 Å². The second kappa shape index (κ2) is 11.6. The number of aromatic nitrogens is 1. The molecule has 0 aliphatic heterocycles. The summed E-state index contributed by atoms with van der Waals surface area (Å²) in [6.45, 7) is 8.08. The molecule has 0 radical (unpaired) electrons. The molecule has 0 spiro atoms. The van der Waals surface area contributed by atoms with Crippen LogP contribution in [0.3, 0.4) is 0 Å². The van der Waals surface area contributed by atoms with Gasteiger partial charge in [-0.05, 0) is 51.5 Å². The Balaban J connectivity index is 2.59. The van der Waals surface area contributed by atoms with Gasteiger partial charge in [0.25, 0.3) is 0 Å². The number of aliphatic carboxylic acids is 1. The first-order chi connectivity index (χ1) is 15.1. The van der Waals surface area contributed by atoms with Gasteiger partial charge in [-0.1, -0.05) is 42.5 Å². The highest BCUT2D eigenvalue weighted by atomic mass is 19.1. The molecule has 0 fully saturated rings. The van der Waals surface area contributed by atoms with Crippen molar-refractivity contribution < 1.29 is 24.5 Å². The van der Waals surface area contributed by atoms with E-state index in [9.17, 15) is 19.4 Å². The van der Waals surface area contributed by atoms with Gasteiger partial charge in [0.15, 0.2) is 0 Å². The molecule has 0 amide bonds. The zero-order chi connectivity index (χ0) is 23.8. The number of rotatable bonds is 10. The molecule has 0 bridgehead atoms. The van der Waals surface area contributed by atoms with E-state index in [1.165, 1.54) is 12.1 Å². The number of aliphatic hydroxyl groups is 2. The van der Waals surface area contributed by atoms with Crippen LogP contribution < -0.4 is 0 Å². The summed E-state index contributed by atoms with van der Waals surface area (Å²) in [6.07, 6.45) is 8.53. The largest absolute Gasteiger partial charge is 0.481 e. The van der Waals surface area contributed by atoms with Crippen molar-refractivity contribution in [2.45, 2.75) is 58.8 Å². The zero-order valence-corrected chi connectivity index (χ0v) is 19.0. The highest BCUT2D eigenvalue weighted by Gasteiger charge is 2.21. The van der Waals surface area contributed by atoms with Crippen molar-refractivity contribution >= 4 is 18.1 Å². The van der Waals surface area contributed by atoms with E-state index >= 15 is 0 Å². The standard InChI is InChI=1S/C26H32FNO4/c1-5-6-7-8-23-18(4)28(17(2)3)24(26(23)19-9-11-20(27)12-10-19)14-13-21(29)15-22(30)16-25(31)32/h5-14,17,21-22,29-30H,15-16H2,1-4H3,(H,31,32)/b6-5-,8-7-,14-13+. The Bertz CT molecular complexity index is 1000. The predicted molar refractivity (Wildman–Crippen MR) is 127 cm³/mol. The van der Waals surface area contributed by atoms with Gasteiger partial charge in [-0.25, -0.2) is 4.39 Å². The van der Waals surface area contributed by atoms with E-state index in [2.05, 4.69) is 18.4 Å². The fourth-order valence-corrected chi connectivity index (χ4v) is 3.81. The number of benzene rings is 1. The van der Waals surface area contributed by atoms with Crippen LogP contribution in [-0.4, -0.2) is 38.1 Å². The van der Waals surface area contributed by atoms with Crippen molar-refractivity contribution in [2.75, 3.05) is 0 Å². The highest BCUT2D eigenvalue weighted by Crippen LogP contribution is 2.37. The maximum atomic E-state index is 13.6. The lowest BCUT2D eigenvalue weighted by Crippen LogP contribution is -2.19. The number of nitrogens with zero attached hydrogens (tertiary/aromatic N) is 1. The smallest absolute Gasteiger partial charge is 0.305 e. The molecule has 172 valence electrons. The van der Waals surface area contributed by atoms with Crippen molar-refractivity contribution in [1.29, 1.82) is 0 Å². The van der Waals surface area contributed by atoms with Crippen LogP contribution >= 0.6 is 0 Å². The van der Waals surface area contributed by atoms with Gasteiger partial charge in [0.05, 0.1) is 18.6 Å². The molecule has 6 heteroatoms. The van der Waals surface area contributed by atoms with Crippen LogP contribution in [0.25, 0.3) is 23.3 Å². The van der Waals surface area contributed by atoms with E-state index in [-0.39, 0.29) is 18.3 Å². The molecule has 2 atom stereocenters. The number of halogens is 1. The number of allylic oxidation sites excluding steroid dienone is 3. The van der Waals surface area contributed by atoms with E-state index in [1.807, 2.05) is 38.2 Å². The molecular weight excluding hydrogens is 409 g/mol. The van der Waals surface area contributed by atoms with Crippen molar-refractivity contribution in [1.82, 2.24) is 4.57 Å². The molecule has 0 saturated carbocycles. The lowest BCUT2D eigenvalue weighted by atomic mass is 9.99. The SMILES string of the molecule is C/C=C\C=C/c1c(-c2ccc(F)cc2)c(/C=C/C(O)CC(O)CC(=O)O)n(C(C)C)c1C. The third-order valence-corrected chi connectivity index (χ3v) is 5.15. The minimum atomic E-state index is -1.14. The Morgan fingerprint density at radius 1 is 1.12 bits per heavy atom. The first kappa shape index (κ1) is 25.3. The lowest BCUT2D eigenvalue weighted by molar-refractivity contribution is -0.139. The number of aliphatic hydroxyl groups excluding tert-OH is 2. The maximum Gasteiger partial charge on any atom is 0.305 e. The summed E-state index contributed by atoms with van der Waals surface area (Å²) < 4.78 is 15.7. The first-order valence-corrected chi connectivity index (χ1v) is 10.7. The molecule has 0 aliphatic rings. The van der Waals surface area contributed by atoms with Crippen LogP contribution in [-0.2, 0) is 4.79 Å². The van der Waals surface area contributed by atoms with Gasteiger partial charge >= 0.3 is 5.97 Å². The van der Waals surface area contributed by atoms with Gasteiger partial charge < -0.3 is 19.9 Å². The van der Waals surface area contributed by atoms with E-state index in [1.54, 1.807) is 24.3 Å². The number of carbonyl (C=O) groups is 1. The quantitative estimate of drug-likeness (QED) is 0.433. The summed E-state index contributed by atoms with van der Waals surface area (Å²) in [7, 11) is 0. The van der Waals surface area contributed by atoms with Crippen LogP contribution in [0.4, 0.5) is 4.39 Å². The summed E-state index contributed by atoms with van der Waals surface area (Å²) in [5, 5.41) is 29.0. The Morgan fingerprint density at radius 3 is 2.34 bits per heavy atom. The average molecular weight is 442 g/mol. The molecule has 1 aromatic carbocycles. The second-order valence-corrected chi connectivity index (χ2v) is 8.03. The third kappa shape index (κ3) is 6.52. The number of carboxylic acids is 1. The average Bonchev–Trinajstić information content (AvgIpc) is 2.98. The summed E-state index contributed by atoms with van der Waals surface area (Å²) >= 11 is 0. The Hall–Kier alpha value is -2.96. The van der Waals surface area contributed by atoms with Crippen molar-refractivity contribution in [3.8, 4) is 11.1 Å². The Morgan fingerprint density at radius 2 is 1.78 bits per heavy atom. The monoisotopic (exact) mass is 441 g/mol. The van der Waals surface area contributed by atoms with Crippen LogP contribution in [0.1, 0.15) is 56.6 Å². The van der Waals surface area contributed by atoms with Crippen LogP contribution in [0.2, 0.25) is 0 Å². The lowest BCUT2D eigenvalue weighted by Gasteiger charge is -2.15. The van der Waals surface area contributed by atoms with Gasteiger partial charge in [-0.2, -0.15) is 0 Å². The fourth-order valence-electron chi connectivity index (χ4n) is 3.81. The molecule has 2 aromatic rings. The first-order valence-electron chi connectivity index (χ1n) is 10.7. The summed E-state index contributed by atoms with van der Waals surface area (Å²) in [5.74, 6) is -1.44. The van der Waals surface area contributed by atoms with Crippen molar-refractivity contribution in [3.05, 3.63) is 71.3 Å². The molecule has 0 aliphatic carbocycles. The molecule has 1 heterocycles. The molecule has 3 N–H and O–H groups in total. The summed E-state index contributed by atoms with van der Waals surface area (Å²) in [4.78, 5) is 10.8. The summed E-state index contributed by atoms with van der Waals surface area (Å²) in [6, 6.07) is 6.41.